The molecule has 0 spiro atoms. The fourth-order valence-electron chi connectivity index (χ4n) is 3.11. The van der Waals surface area contributed by atoms with Crippen molar-refractivity contribution in [2.24, 2.45) is 0 Å². The van der Waals surface area contributed by atoms with E-state index >= 15 is 0 Å². The standard InChI is InChI=1S/C19H25NO2S/c1-4-23(21,22)20(17(3)19-13-9-6-10-14-19)16(2)15-18-11-7-5-8-12-18/h4-7,9-11,13-14,16-17H,1,8,12,15H2,2-3H3/t16-,17+/m1/s1. The Kier molecular flexibility index (Phi) is 5.97. The first kappa shape index (κ1) is 17.7. The van der Waals surface area contributed by atoms with E-state index in [-0.39, 0.29) is 12.1 Å². The van der Waals surface area contributed by atoms with Crippen LogP contribution in [-0.4, -0.2) is 18.8 Å². The first-order valence-electron chi connectivity index (χ1n) is 8.01. The molecule has 0 amide bonds. The highest BCUT2D eigenvalue weighted by molar-refractivity contribution is 7.92. The van der Waals surface area contributed by atoms with Crippen LogP contribution in [0.5, 0.6) is 0 Å². The number of hydrogen-bond donors (Lipinski definition) is 0. The molecule has 4 heteroatoms. The quantitative estimate of drug-likeness (QED) is 0.733. The van der Waals surface area contributed by atoms with Crippen LogP contribution in [-0.2, 0) is 10.0 Å². The summed E-state index contributed by atoms with van der Waals surface area (Å²) in [6, 6.07) is 9.38. The fourth-order valence-corrected chi connectivity index (χ4v) is 4.42. The Bertz CT molecular complexity index is 689. The third-order valence-electron chi connectivity index (χ3n) is 4.26. The molecule has 1 aliphatic rings. The van der Waals surface area contributed by atoms with E-state index in [4.69, 9.17) is 0 Å². The number of hydrogen-bond acceptors (Lipinski definition) is 2. The Labute approximate surface area is 140 Å². The van der Waals surface area contributed by atoms with Gasteiger partial charge >= 0.3 is 0 Å². The second kappa shape index (κ2) is 7.75. The summed E-state index contributed by atoms with van der Waals surface area (Å²) in [4.78, 5) is 0. The van der Waals surface area contributed by atoms with Gasteiger partial charge in [0, 0.05) is 17.5 Å². The smallest absolute Gasteiger partial charge is 0.207 e. The van der Waals surface area contributed by atoms with Crippen LogP contribution in [0.25, 0.3) is 0 Å². The van der Waals surface area contributed by atoms with Gasteiger partial charge < -0.3 is 0 Å². The minimum atomic E-state index is -3.51. The largest absolute Gasteiger partial charge is 0.236 e. The third kappa shape index (κ3) is 4.43. The number of sulfonamides is 1. The summed E-state index contributed by atoms with van der Waals surface area (Å²) in [5, 5.41) is 1.05. The van der Waals surface area contributed by atoms with Crippen LogP contribution in [0.2, 0.25) is 0 Å². The van der Waals surface area contributed by atoms with Crippen molar-refractivity contribution in [2.75, 3.05) is 0 Å². The van der Waals surface area contributed by atoms with Gasteiger partial charge in [0.25, 0.3) is 0 Å². The molecule has 0 unspecified atom stereocenters. The van der Waals surface area contributed by atoms with Gasteiger partial charge in [-0.2, -0.15) is 4.31 Å². The molecular formula is C19H25NO2S. The van der Waals surface area contributed by atoms with E-state index in [0.717, 1.165) is 30.2 Å². The maximum atomic E-state index is 12.6. The molecule has 0 saturated carbocycles. The Morgan fingerprint density at radius 2 is 1.96 bits per heavy atom. The van der Waals surface area contributed by atoms with Crippen molar-refractivity contribution in [3.63, 3.8) is 0 Å². The van der Waals surface area contributed by atoms with Gasteiger partial charge in [-0.15, -0.1) is 0 Å². The average Bonchev–Trinajstić information content (AvgIpc) is 2.56. The molecule has 1 aliphatic carbocycles. The van der Waals surface area contributed by atoms with E-state index in [0.29, 0.717) is 0 Å². The molecule has 2 atom stereocenters. The minimum absolute atomic E-state index is 0.119. The van der Waals surface area contributed by atoms with Crippen molar-refractivity contribution in [2.45, 2.75) is 45.2 Å². The van der Waals surface area contributed by atoms with Crippen LogP contribution in [0.3, 0.4) is 0 Å². The monoisotopic (exact) mass is 331 g/mol. The maximum Gasteiger partial charge on any atom is 0.236 e. The number of rotatable bonds is 7. The van der Waals surface area contributed by atoms with Gasteiger partial charge in [0.15, 0.2) is 0 Å². The highest BCUT2D eigenvalue weighted by Crippen LogP contribution is 2.30. The third-order valence-corrected chi connectivity index (χ3v) is 5.95. The van der Waals surface area contributed by atoms with Crippen molar-refractivity contribution in [1.82, 2.24) is 4.31 Å². The highest BCUT2D eigenvalue weighted by Gasteiger charge is 2.31. The van der Waals surface area contributed by atoms with E-state index in [9.17, 15) is 8.42 Å². The van der Waals surface area contributed by atoms with Crippen LogP contribution >= 0.6 is 0 Å². The van der Waals surface area contributed by atoms with E-state index in [1.165, 1.54) is 5.57 Å². The van der Waals surface area contributed by atoms with Crippen molar-refractivity contribution in [1.29, 1.82) is 0 Å². The van der Waals surface area contributed by atoms with Crippen molar-refractivity contribution >= 4 is 10.0 Å². The molecule has 0 saturated heterocycles. The highest BCUT2D eigenvalue weighted by atomic mass is 32.2. The van der Waals surface area contributed by atoms with Crippen molar-refractivity contribution in [3.8, 4) is 0 Å². The normalized spacial score (nSPS) is 17.6. The van der Waals surface area contributed by atoms with Gasteiger partial charge in [0.05, 0.1) is 0 Å². The van der Waals surface area contributed by atoms with Crippen LogP contribution < -0.4 is 0 Å². The summed E-state index contributed by atoms with van der Waals surface area (Å²) in [5.41, 5.74) is 2.28. The lowest BCUT2D eigenvalue weighted by Crippen LogP contribution is -2.39. The summed E-state index contributed by atoms with van der Waals surface area (Å²) >= 11 is 0. The lowest BCUT2D eigenvalue weighted by molar-refractivity contribution is 0.277. The van der Waals surface area contributed by atoms with Gasteiger partial charge in [-0.1, -0.05) is 60.7 Å². The molecule has 23 heavy (non-hydrogen) atoms. The minimum Gasteiger partial charge on any atom is -0.207 e. The first-order valence-corrected chi connectivity index (χ1v) is 9.51. The molecule has 0 aliphatic heterocycles. The summed E-state index contributed by atoms with van der Waals surface area (Å²) < 4.78 is 26.7. The predicted octanol–water partition coefficient (Wildman–Crippen LogP) is 4.58. The second-order valence-electron chi connectivity index (χ2n) is 5.97. The summed E-state index contributed by atoms with van der Waals surface area (Å²) in [5.74, 6) is 0. The summed E-state index contributed by atoms with van der Waals surface area (Å²) in [7, 11) is -3.51. The molecule has 1 aromatic rings. The van der Waals surface area contributed by atoms with Gasteiger partial charge in [0.1, 0.15) is 0 Å². The van der Waals surface area contributed by atoms with E-state index in [1.807, 2.05) is 44.2 Å². The van der Waals surface area contributed by atoms with Crippen LogP contribution in [0.1, 0.15) is 44.7 Å². The van der Waals surface area contributed by atoms with Gasteiger partial charge in [-0.25, -0.2) is 8.42 Å². The van der Waals surface area contributed by atoms with Gasteiger partial charge in [-0.05, 0) is 38.7 Å². The maximum absolute atomic E-state index is 12.6. The second-order valence-corrected chi connectivity index (χ2v) is 7.76. The zero-order valence-corrected chi connectivity index (χ0v) is 14.7. The van der Waals surface area contributed by atoms with E-state index in [2.05, 4.69) is 24.8 Å². The molecule has 0 heterocycles. The topological polar surface area (TPSA) is 37.4 Å². The van der Waals surface area contributed by atoms with Crippen LogP contribution in [0.15, 0.2) is 66.1 Å². The molecule has 0 aromatic heterocycles. The summed E-state index contributed by atoms with van der Waals surface area (Å²) in [6.07, 6.45) is 9.07. The fraction of sp³-hybridized carbons (Fsp3) is 0.368. The molecule has 3 nitrogen and oxygen atoms in total. The molecule has 0 bridgehead atoms. The first-order chi connectivity index (χ1) is 11.0. The molecule has 2 rings (SSSR count). The molecular weight excluding hydrogens is 306 g/mol. The van der Waals surface area contributed by atoms with Gasteiger partial charge in [-0.3, -0.25) is 0 Å². The SMILES string of the molecule is C=CS(=O)(=O)N([C@H](C)CC1=CC=CCC1)[C@@H](C)c1ccccc1. The van der Waals surface area contributed by atoms with E-state index in [1.54, 1.807) is 4.31 Å². The Balaban J connectivity index is 2.29. The average molecular weight is 331 g/mol. The number of nitrogens with zero attached hydrogens (tertiary/aromatic N) is 1. The van der Waals surface area contributed by atoms with Crippen LogP contribution in [0.4, 0.5) is 0 Å². The van der Waals surface area contributed by atoms with Crippen LogP contribution in [0, 0.1) is 0 Å². The zero-order chi connectivity index (χ0) is 16.9. The van der Waals surface area contributed by atoms with Gasteiger partial charge in [0.2, 0.25) is 10.0 Å². The zero-order valence-electron chi connectivity index (χ0n) is 13.9. The lowest BCUT2D eigenvalue weighted by Gasteiger charge is -2.33. The Hall–Kier alpha value is -1.65. The predicted molar refractivity (Wildman–Crippen MR) is 96.3 cm³/mol. The molecule has 1 aromatic carbocycles. The molecule has 0 N–H and O–H groups in total. The molecule has 0 fully saturated rings. The van der Waals surface area contributed by atoms with Crippen molar-refractivity contribution in [3.05, 3.63) is 71.7 Å². The lowest BCUT2D eigenvalue weighted by atomic mass is 9.98. The number of benzene rings is 1. The van der Waals surface area contributed by atoms with Crippen molar-refractivity contribution < 1.29 is 8.42 Å². The molecule has 124 valence electrons. The van der Waals surface area contributed by atoms with E-state index < -0.39 is 10.0 Å². The number of allylic oxidation sites excluding steroid dienone is 3. The Morgan fingerprint density at radius 3 is 2.52 bits per heavy atom. The Morgan fingerprint density at radius 1 is 1.26 bits per heavy atom. The summed E-state index contributed by atoms with van der Waals surface area (Å²) in [6.45, 7) is 7.41. The molecule has 0 radical (unpaired) electrons.